The summed E-state index contributed by atoms with van der Waals surface area (Å²) < 4.78 is 26.8. The van der Waals surface area contributed by atoms with Crippen LogP contribution in [0.2, 0.25) is 0 Å². The zero-order valence-corrected chi connectivity index (χ0v) is 13.0. The van der Waals surface area contributed by atoms with Gasteiger partial charge in [-0.25, -0.2) is 13.1 Å². The summed E-state index contributed by atoms with van der Waals surface area (Å²) in [5, 5.41) is 3.15. The lowest BCUT2D eigenvalue weighted by Crippen LogP contribution is -2.30. The molecule has 1 rings (SSSR count). The number of rotatable bonds is 8. The predicted octanol–water partition coefficient (Wildman–Crippen LogP) is 1.69. The maximum absolute atomic E-state index is 12.1. The van der Waals surface area contributed by atoms with Crippen molar-refractivity contribution in [2.45, 2.75) is 39.1 Å². The topological polar surface area (TPSA) is 74.0 Å². The minimum atomic E-state index is -3.40. The number of aromatic amines is 1. The number of nitrogens with one attached hydrogen (secondary N) is 3. The number of sulfonamides is 1. The van der Waals surface area contributed by atoms with Gasteiger partial charge in [0, 0.05) is 25.0 Å². The smallest absolute Gasteiger partial charge is 0.242 e. The molecular weight excluding hydrogens is 262 g/mol. The molecule has 0 radical (unpaired) electrons. The summed E-state index contributed by atoms with van der Waals surface area (Å²) in [7, 11) is -3.40. The van der Waals surface area contributed by atoms with Gasteiger partial charge in [0.15, 0.2) is 0 Å². The predicted molar refractivity (Wildman–Crippen MR) is 77.4 cm³/mol. The van der Waals surface area contributed by atoms with Crippen molar-refractivity contribution in [1.29, 1.82) is 0 Å². The number of H-pyrrole nitrogens is 1. The van der Waals surface area contributed by atoms with Crippen LogP contribution in [-0.2, 0) is 16.6 Å². The van der Waals surface area contributed by atoms with Crippen LogP contribution in [-0.4, -0.2) is 26.5 Å². The zero-order chi connectivity index (χ0) is 14.5. The molecule has 110 valence electrons. The number of hydrogen-bond acceptors (Lipinski definition) is 3. The Bertz CT molecular complexity index is 480. The summed E-state index contributed by atoms with van der Waals surface area (Å²) >= 11 is 0. The fourth-order valence-corrected chi connectivity index (χ4v) is 2.66. The summed E-state index contributed by atoms with van der Waals surface area (Å²) in [6.45, 7) is 10.2. The maximum atomic E-state index is 12.1. The highest BCUT2D eigenvalue weighted by Gasteiger charge is 2.17. The van der Waals surface area contributed by atoms with Crippen molar-refractivity contribution in [2.75, 3.05) is 13.1 Å². The van der Waals surface area contributed by atoms with E-state index in [2.05, 4.69) is 28.9 Å². The summed E-state index contributed by atoms with van der Waals surface area (Å²) in [6, 6.07) is 1.67. The van der Waals surface area contributed by atoms with Gasteiger partial charge in [0.1, 0.15) is 0 Å². The van der Waals surface area contributed by atoms with E-state index in [9.17, 15) is 8.42 Å². The minimum Gasteiger partial charge on any atom is -0.363 e. The lowest BCUT2D eigenvalue weighted by Gasteiger charge is -2.15. The van der Waals surface area contributed by atoms with E-state index in [-0.39, 0.29) is 0 Å². The van der Waals surface area contributed by atoms with Crippen LogP contribution in [0.1, 0.15) is 33.4 Å². The third-order valence-electron chi connectivity index (χ3n) is 3.33. The van der Waals surface area contributed by atoms with Gasteiger partial charge in [-0.3, -0.25) is 0 Å². The molecule has 6 heteroatoms. The molecule has 0 amide bonds. The lowest BCUT2D eigenvalue weighted by molar-refractivity contribution is 0.414. The minimum absolute atomic E-state index is 0.302. The molecule has 1 heterocycles. The third kappa shape index (κ3) is 4.97. The highest BCUT2D eigenvalue weighted by molar-refractivity contribution is 7.89. The first-order chi connectivity index (χ1) is 8.86. The van der Waals surface area contributed by atoms with Crippen molar-refractivity contribution in [1.82, 2.24) is 15.0 Å². The van der Waals surface area contributed by atoms with Crippen LogP contribution in [0.4, 0.5) is 0 Å². The monoisotopic (exact) mass is 287 g/mol. The molecule has 0 spiro atoms. The van der Waals surface area contributed by atoms with Crippen LogP contribution < -0.4 is 10.0 Å². The molecule has 1 atom stereocenters. The van der Waals surface area contributed by atoms with Crippen LogP contribution in [0.15, 0.2) is 17.2 Å². The lowest BCUT2D eigenvalue weighted by atomic mass is 9.99. The second-order valence-corrected chi connectivity index (χ2v) is 6.98. The van der Waals surface area contributed by atoms with E-state index < -0.39 is 10.0 Å². The molecule has 1 aromatic rings. The largest absolute Gasteiger partial charge is 0.363 e. The highest BCUT2D eigenvalue weighted by Crippen LogP contribution is 2.13. The summed E-state index contributed by atoms with van der Waals surface area (Å²) in [6.07, 6.45) is 1.54. The molecule has 0 aromatic carbocycles. The molecule has 5 nitrogen and oxygen atoms in total. The molecule has 0 aliphatic heterocycles. The first-order valence-corrected chi connectivity index (χ1v) is 8.22. The standard InChI is InChI=1S/C13H25N3O2S/c1-5-14-8-12-6-13(9-15-12)19(17,18)16-7-11(4)10(2)3/h6,9-11,14-16H,5,7-8H2,1-4H3. The van der Waals surface area contributed by atoms with E-state index in [0.29, 0.717) is 29.8 Å². The van der Waals surface area contributed by atoms with Gasteiger partial charge in [-0.2, -0.15) is 0 Å². The van der Waals surface area contributed by atoms with Crippen molar-refractivity contribution < 1.29 is 8.42 Å². The van der Waals surface area contributed by atoms with Gasteiger partial charge in [-0.1, -0.05) is 27.7 Å². The van der Waals surface area contributed by atoms with Crippen molar-refractivity contribution in [2.24, 2.45) is 11.8 Å². The fraction of sp³-hybridized carbons (Fsp3) is 0.692. The fourth-order valence-electron chi connectivity index (χ4n) is 1.50. The first-order valence-electron chi connectivity index (χ1n) is 6.74. The van der Waals surface area contributed by atoms with Gasteiger partial charge in [-0.05, 0) is 24.4 Å². The van der Waals surface area contributed by atoms with E-state index in [1.165, 1.54) is 6.20 Å². The summed E-state index contributed by atoms with van der Waals surface area (Å²) in [4.78, 5) is 3.28. The second-order valence-electron chi connectivity index (χ2n) is 5.21. The van der Waals surface area contributed by atoms with Crippen molar-refractivity contribution in [3.8, 4) is 0 Å². The van der Waals surface area contributed by atoms with Gasteiger partial charge in [-0.15, -0.1) is 0 Å². The third-order valence-corrected chi connectivity index (χ3v) is 4.73. The van der Waals surface area contributed by atoms with E-state index in [1.807, 2.05) is 13.8 Å². The van der Waals surface area contributed by atoms with Crippen LogP contribution in [0.5, 0.6) is 0 Å². The first kappa shape index (κ1) is 16.2. The number of aromatic nitrogens is 1. The molecular formula is C13H25N3O2S. The molecule has 1 aromatic heterocycles. The Hall–Kier alpha value is -0.850. The quantitative estimate of drug-likeness (QED) is 0.681. The van der Waals surface area contributed by atoms with Crippen LogP contribution in [0.25, 0.3) is 0 Å². The second kappa shape index (κ2) is 7.07. The van der Waals surface area contributed by atoms with Crippen LogP contribution >= 0.6 is 0 Å². The van der Waals surface area contributed by atoms with Gasteiger partial charge in [0.25, 0.3) is 0 Å². The molecule has 1 unspecified atom stereocenters. The highest BCUT2D eigenvalue weighted by atomic mass is 32.2. The Morgan fingerprint density at radius 3 is 2.58 bits per heavy atom. The Labute approximate surface area is 116 Å². The summed E-state index contributed by atoms with van der Waals surface area (Å²) in [5.74, 6) is 0.771. The molecule has 3 N–H and O–H groups in total. The van der Waals surface area contributed by atoms with Crippen LogP contribution in [0.3, 0.4) is 0 Å². The Morgan fingerprint density at radius 2 is 2.00 bits per heavy atom. The molecule has 0 fully saturated rings. The average Bonchev–Trinajstić information content (AvgIpc) is 2.82. The average molecular weight is 287 g/mol. The Balaban J connectivity index is 2.64. The molecule has 0 bridgehead atoms. The van der Waals surface area contributed by atoms with E-state index >= 15 is 0 Å². The summed E-state index contributed by atoms with van der Waals surface area (Å²) in [5.41, 5.74) is 0.874. The Morgan fingerprint density at radius 1 is 1.32 bits per heavy atom. The van der Waals surface area contributed by atoms with Crippen LogP contribution in [0, 0.1) is 11.8 Å². The molecule has 0 aliphatic carbocycles. The molecule has 0 saturated carbocycles. The molecule has 0 saturated heterocycles. The van der Waals surface area contributed by atoms with Gasteiger partial charge < -0.3 is 10.3 Å². The van der Waals surface area contributed by atoms with Gasteiger partial charge in [0.2, 0.25) is 10.0 Å². The van der Waals surface area contributed by atoms with Crippen molar-refractivity contribution in [3.05, 3.63) is 18.0 Å². The maximum Gasteiger partial charge on any atom is 0.242 e. The van der Waals surface area contributed by atoms with Crippen molar-refractivity contribution in [3.63, 3.8) is 0 Å². The van der Waals surface area contributed by atoms with Crippen molar-refractivity contribution >= 4 is 10.0 Å². The van der Waals surface area contributed by atoms with E-state index in [4.69, 9.17) is 0 Å². The van der Waals surface area contributed by atoms with Gasteiger partial charge >= 0.3 is 0 Å². The van der Waals surface area contributed by atoms with E-state index in [1.54, 1.807) is 6.07 Å². The SMILES string of the molecule is CCNCc1cc(S(=O)(=O)NCC(C)C(C)C)c[nH]1. The van der Waals surface area contributed by atoms with Gasteiger partial charge in [0.05, 0.1) is 4.90 Å². The zero-order valence-electron chi connectivity index (χ0n) is 12.2. The van der Waals surface area contributed by atoms with E-state index in [0.717, 1.165) is 12.2 Å². The molecule has 19 heavy (non-hydrogen) atoms. The molecule has 0 aliphatic rings. The normalized spacial score (nSPS) is 13.9. The Kier molecular flexibility index (Phi) is 6.03. The number of hydrogen-bond donors (Lipinski definition) is 3.